The molecule has 0 aromatic carbocycles. The second-order valence-corrected chi connectivity index (χ2v) is 8.49. The van der Waals surface area contributed by atoms with E-state index in [4.69, 9.17) is 0 Å². The minimum Gasteiger partial charge on any atom is -0.338 e. The van der Waals surface area contributed by atoms with Crippen LogP contribution in [0.5, 0.6) is 0 Å². The SMILES string of the molecule is CC(C)N(CC1CCCCN1)C(=O)CSC(C)(C)C. The predicted octanol–water partition coefficient (Wildman–Crippen LogP) is 2.90. The molecule has 112 valence electrons. The largest absolute Gasteiger partial charge is 0.338 e. The summed E-state index contributed by atoms with van der Waals surface area (Å²) in [6.45, 7) is 12.7. The highest BCUT2D eigenvalue weighted by Gasteiger charge is 2.24. The standard InChI is InChI=1S/C15H30N2OS/c1-12(2)17(10-13-8-6-7-9-16-13)14(18)11-19-15(3,4)5/h12-13,16H,6-11H2,1-5H3. The van der Waals surface area contributed by atoms with Crippen LogP contribution in [0.25, 0.3) is 0 Å². The molecular formula is C15H30N2OS. The Bertz CT molecular complexity index is 280. The van der Waals surface area contributed by atoms with E-state index >= 15 is 0 Å². The van der Waals surface area contributed by atoms with E-state index in [1.54, 1.807) is 11.8 Å². The molecule has 0 saturated carbocycles. The van der Waals surface area contributed by atoms with Crippen LogP contribution >= 0.6 is 11.8 Å². The van der Waals surface area contributed by atoms with Crippen LogP contribution in [-0.4, -0.2) is 46.5 Å². The summed E-state index contributed by atoms with van der Waals surface area (Å²) in [4.78, 5) is 14.4. The first-order valence-corrected chi connectivity index (χ1v) is 8.45. The molecular weight excluding hydrogens is 256 g/mol. The van der Waals surface area contributed by atoms with Crippen molar-refractivity contribution in [3.8, 4) is 0 Å². The molecule has 0 aromatic heterocycles. The van der Waals surface area contributed by atoms with Gasteiger partial charge in [-0.15, -0.1) is 11.8 Å². The van der Waals surface area contributed by atoms with E-state index in [1.165, 1.54) is 19.3 Å². The molecule has 1 saturated heterocycles. The van der Waals surface area contributed by atoms with Crippen molar-refractivity contribution in [3.63, 3.8) is 0 Å². The van der Waals surface area contributed by atoms with Crippen LogP contribution in [0.15, 0.2) is 0 Å². The van der Waals surface area contributed by atoms with Gasteiger partial charge in [-0.2, -0.15) is 0 Å². The number of hydrogen-bond acceptors (Lipinski definition) is 3. The number of rotatable bonds is 5. The summed E-state index contributed by atoms with van der Waals surface area (Å²) in [6.07, 6.45) is 3.75. The Morgan fingerprint density at radius 1 is 1.37 bits per heavy atom. The highest BCUT2D eigenvalue weighted by molar-refractivity contribution is 8.01. The molecule has 0 bridgehead atoms. The smallest absolute Gasteiger partial charge is 0.232 e. The summed E-state index contributed by atoms with van der Waals surface area (Å²) >= 11 is 1.74. The number of thioether (sulfide) groups is 1. The third-order valence-corrected chi connectivity index (χ3v) is 4.66. The van der Waals surface area contributed by atoms with Crippen molar-refractivity contribution in [2.75, 3.05) is 18.8 Å². The lowest BCUT2D eigenvalue weighted by Gasteiger charge is -2.33. The molecule has 1 atom stereocenters. The fourth-order valence-corrected chi connectivity index (χ4v) is 3.00. The van der Waals surface area contributed by atoms with Crippen LogP contribution in [0.1, 0.15) is 53.9 Å². The zero-order valence-corrected chi connectivity index (χ0v) is 14.0. The van der Waals surface area contributed by atoms with Crippen LogP contribution in [-0.2, 0) is 4.79 Å². The fraction of sp³-hybridized carbons (Fsp3) is 0.933. The second kappa shape index (κ2) is 7.53. The van der Waals surface area contributed by atoms with Gasteiger partial charge in [0.15, 0.2) is 0 Å². The Kier molecular flexibility index (Phi) is 6.67. The number of nitrogens with zero attached hydrogens (tertiary/aromatic N) is 1. The van der Waals surface area contributed by atoms with E-state index in [-0.39, 0.29) is 16.7 Å². The molecule has 0 spiro atoms. The molecule has 1 amide bonds. The van der Waals surface area contributed by atoms with Crippen LogP contribution in [0, 0.1) is 0 Å². The summed E-state index contributed by atoms with van der Waals surface area (Å²) in [5.74, 6) is 0.872. The molecule has 0 aromatic rings. The molecule has 1 rings (SSSR count). The Morgan fingerprint density at radius 3 is 2.53 bits per heavy atom. The summed E-state index contributed by atoms with van der Waals surface area (Å²) in [5, 5.41) is 3.53. The number of piperidine rings is 1. The third kappa shape index (κ3) is 6.66. The minimum atomic E-state index is 0.154. The normalized spacial score (nSPS) is 20.6. The van der Waals surface area contributed by atoms with Gasteiger partial charge in [-0.05, 0) is 33.2 Å². The van der Waals surface area contributed by atoms with Crippen molar-refractivity contribution >= 4 is 17.7 Å². The van der Waals surface area contributed by atoms with Gasteiger partial charge in [-0.3, -0.25) is 4.79 Å². The second-order valence-electron chi connectivity index (χ2n) is 6.69. The van der Waals surface area contributed by atoms with Gasteiger partial charge >= 0.3 is 0 Å². The lowest BCUT2D eigenvalue weighted by molar-refractivity contribution is -0.130. The Hall–Kier alpha value is -0.220. The summed E-state index contributed by atoms with van der Waals surface area (Å²) in [5.41, 5.74) is 0. The van der Waals surface area contributed by atoms with Crippen molar-refractivity contribution in [3.05, 3.63) is 0 Å². The molecule has 1 heterocycles. The van der Waals surface area contributed by atoms with E-state index in [0.29, 0.717) is 11.8 Å². The number of carbonyl (C=O) groups is 1. The average Bonchev–Trinajstić information content (AvgIpc) is 2.33. The van der Waals surface area contributed by atoms with Gasteiger partial charge < -0.3 is 10.2 Å². The van der Waals surface area contributed by atoms with Gasteiger partial charge in [0.05, 0.1) is 5.75 Å². The first-order valence-electron chi connectivity index (χ1n) is 7.46. The van der Waals surface area contributed by atoms with Crippen molar-refractivity contribution in [2.45, 2.75) is 70.7 Å². The zero-order valence-electron chi connectivity index (χ0n) is 13.2. The molecule has 19 heavy (non-hydrogen) atoms. The van der Waals surface area contributed by atoms with Crippen LogP contribution < -0.4 is 5.32 Å². The first kappa shape index (κ1) is 16.8. The maximum absolute atomic E-state index is 12.4. The third-order valence-electron chi connectivity index (χ3n) is 3.40. The lowest BCUT2D eigenvalue weighted by Crippen LogP contribution is -2.49. The number of nitrogens with one attached hydrogen (secondary N) is 1. The average molecular weight is 286 g/mol. The maximum atomic E-state index is 12.4. The summed E-state index contributed by atoms with van der Waals surface area (Å²) < 4.78 is 0.154. The number of amides is 1. The fourth-order valence-electron chi connectivity index (χ4n) is 2.28. The van der Waals surface area contributed by atoms with Gasteiger partial charge in [-0.1, -0.05) is 27.2 Å². The minimum absolute atomic E-state index is 0.154. The van der Waals surface area contributed by atoms with Gasteiger partial charge in [0.2, 0.25) is 5.91 Å². The van der Waals surface area contributed by atoms with Crippen LogP contribution in [0.2, 0.25) is 0 Å². The van der Waals surface area contributed by atoms with Gasteiger partial charge in [0.25, 0.3) is 0 Å². The van der Waals surface area contributed by atoms with Gasteiger partial charge in [0, 0.05) is 23.4 Å². The summed E-state index contributed by atoms with van der Waals surface area (Å²) in [7, 11) is 0. The van der Waals surface area contributed by atoms with Crippen molar-refractivity contribution < 1.29 is 4.79 Å². The molecule has 1 aliphatic heterocycles. The monoisotopic (exact) mass is 286 g/mol. The van der Waals surface area contributed by atoms with E-state index in [2.05, 4.69) is 39.9 Å². The van der Waals surface area contributed by atoms with Crippen molar-refractivity contribution in [2.24, 2.45) is 0 Å². The van der Waals surface area contributed by atoms with Crippen molar-refractivity contribution in [1.82, 2.24) is 10.2 Å². The van der Waals surface area contributed by atoms with E-state index in [0.717, 1.165) is 13.1 Å². The predicted molar refractivity (Wildman–Crippen MR) is 84.7 cm³/mol. The van der Waals surface area contributed by atoms with Gasteiger partial charge in [-0.25, -0.2) is 0 Å². The highest BCUT2D eigenvalue weighted by Crippen LogP contribution is 2.23. The van der Waals surface area contributed by atoms with E-state index in [1.807, 2.05) is 4.90 Å². The first-order chi connectivity index (χ1) is 8.79. The quantitative estimate of drug-likeness (QED) is 0.843. The molecule has 0 radical (unpaired) electrons. The topological polar surface area (TPSA) is 32.3 Å². The molecule has 4 heteroatoms. The Morgan fingerprint density at radius 2 is 2.05 bits per heavy atom. The molecule has 3 nitrogen and oxygen atoms in total. The maximum Gasteiger partial charge on any atom is 0.232 e. The molecule has 1 unspecified atom stereocenters. The lowest BCUT2D eigenvalue weighted by atomic mass is 10.0. The van der Waals surface area contributed by atoms with E-state index in [9.17, 15) is 4.79 Å². The zero-order chi connectivity index (χ0) is 14.5. The molecule has 1 N–H and O–H groups in total. The Labute approximate surface area is 122 Å². The Balaban J connectivity index is 2.48. The van der Waals surface area contributed by atoms with E-state index < -0.39 is 0 Å². The molecule has 1 aliphatic rings. The van der Waals surface area contributed by atoms with Crippen molar-refractivity contribution in [1.29, 1.82) is 0 Å². The molecule has 0 aliphatic carbocycles. The number of hydrogen-bond donors (Lipinski definition) is 1. The highest BCUT2D eigenvalue weighted by atomic mass is 32.2. The van der Waals surface area contributed by atoms with Crippen LogP contribution in [0.4, 0.5) is 0 Å². The number of carbonyl (C=O) groups excluding carboxylic acids is 1. The molecule has 1 fully saturated rings. The summed E-state index contributed by atoms with van der Waals surface area (Å²) in [6, 6.07) is 0.775. The van der Waals surface area contributed by atoms with Gasteiger partial charge in [0.1, 0.15) is 0 Å². The van der Waals surface area contributed by atoms with Crippen LogP contribution in [0.3, 0.4) is 0 Å².